The third-order valence-corrected chi connectivity index (χ3v) is 5.76. The van der Waals surface area contributed by atoms with Crippen molar-refractivity contribution in [3.63, 3.8) is 0 Å². The normalized spacial score (nSPS) is 24.0. The highest BCUT2D eigenvalue weighted by molar-refractivity contribution is 9.10. The van der Waals surface area contributed by atoms with E-state index in [1.807, 2.05) is 36.4 Å². The largest absolute Gasteiger partial charge is 0.395 e. The van der Waals surface area contributed by atoms with Crippen molar-refractivity contribution in [2.45, 2.75) is 43.8 Å². The fourth-order valence-corrected chi connectivity index (χ4v) is 4.31. The van der Waals surface area contributed by atoms with E-state index >= 15 is 0 Å². The van der Waals surface area contributed by atoms with E-state index in [-0.39, 0.29) is 18.5 Å². The number of ether oxygens (including phenoxy) is 1. The molecular weight excluding hydrogens is 371 g/mol. The molecule has 0 amide bonds. The summed E-state index contributed by atoms with van der Waals surface area (Å²) in [4.78, 5) is 0. The number of hydrogen-bond acceptors (Lipinski definition) is 2. The zero-order valence-corrected chi connectivity index (χ0v) is 15.1. The van der Waals surface area contributed by atoms with Gasteiger partial charge in [0, 0.05) is 5.41 Å². The van der Waals surface area contributed by atoms with Gasteiger partial charge in [-0.15, -0.1) is 0 Å². The zero-order chi connectivity index (χ0) is 17.0. The first-order chi connectivity index (χ1) is 11.6. The first kappa shape index (κ1) is 17.6. The van der Waals surface area contributed by atoms with E-state index in [9.17, 15) is 9.50 Å². The number of rotatable bonds is 5. The molecule has 2 unspecified atom stereocenters. The topological polar surface area (TPSA) is 29.5 Å². The SMILES string of the molecule is OCC1(c2cccc(F)c2Br)CCCC(OCc2ccccc2)C1. The van der Waals surface area contributed by atoms with Gasteiger partial charge in [0.2, 0.25) is 0 Å². The van der Waals surface area contributed by atoms with Crippen molar-refractivity contribution in [3.8, 4) is 0 Å². The Kier molecular flexibility index (Phi) is 5.69. The molecular formula is C20H22BrFO2. The molecule has 0 radical (unpaired) electrons. The molecule has 24 heavy (non-hydrogen) atoms. The smallest absolute Gasteiger partial charge is 0.137 e. The van der Waals surface area contributed by atoms with Crippen LogP contribution < -0.4 is 0 Å². The van der Waals surface area contributed by atoms with E-state index in [4.69, 9.17) is 4.74 Å². The average Bonchev–Trinajstić information content (AvgIpc) is 2.63. The van der Waals surface area contributed by atoms with Crippen molar-refractivity contribution in [1.82, 2.24) is 0 Å². The fourth-order valence-electron chi connectivity index (χ4n) is 3.63. The van der Waals surface area contributed by atoms with Gasteiger partial charge in [0.25, 0.3) is 0 Å². The molecule has 2 aromatic carbocycles. The molecule has 0 heterocycles. The number of aliphatic hydroxyl groups excluding tert-OH is 1. The number of aliphatic hydroxyl groups is 1. The van der Waals surface area contributed by atoms with Gasteiger partial charge in [0.1, 0.15) is 5.82 Å². The van der Waals surface area contributed by atoms with Crippen LogP contribution in [0.3, 0.4) is 0 Å². The van der Waals surface area contributed by atoms with E-state index in [1.165, 1.54) is 6.07 Å². The second-order valence-electron chi connectivity index (χ2n) is 6.55. The minimum Gasteiger partial charge on any atom is -0.395 e. The lowest BCUT2D eigenvalue weighted by Gasteiger charge is -2.40. The van der Waals surface area contributed by atoms with Gasteiger partial charge in [-0.05, 0) is 58.8 Å². The predicted octanol–water partition coefficient (Wildman–Crippen LogP) is 4.98. The quantitative estimate of drug-likeness (QED) is 0.777. The Morgan fingerprint density at radius 2 is 1.96 bits per heavy atom. The molecule has 0 saturated heterocycles. The van der Waals surface area contributed by atoms with E-state index in [1.54, 1.807) is 6.07 Å². The number of benzene rings is 2. The lowest BCUT2D eigenvalue weighted by atomic mass is 9.69. The Labute approximate surface area is 150 Å². The minimum atomic E-state index is -0.444. The third kappa shape index (κ3) is 3.71. The van der Waals surface area contributed by atoms with Gasteiger partial charge >= 0.3 is 0 Å². The van der Waals surface area contributed by atoms with Crippen molar-refractivity contribution in [3.05, 3.63) is 69.9 Å². The molecule has 2 aromatic rings. The summed E-state index contributed by atoms with van der Waals surface area (Å²) in [6.07, 6.45) is 3.56. The fraction of sp³-hybridized carbons (Fsp3) is 0.400. The molecule has 0 aliphatic heterocycles. The lowest BCUT2D eigenvalue weighted by molar-refractivity contribution is -0.0173. The summed E-state index contributed by atoms with van der Waals surface area (Å²) in [5.74, 6) is -0.285. The van der Waals surface area contributed by atoms with Crippen molar-refractivity contribution in [2.24, 2.45) is 0 Å². The summed E-state index contributed by atoms with van der Waals surface area (Å²) in [6.45, 7) is 0.567. The van der Waals surface area contributed by atoms with E-state index in [0.29, 0.717) is 17.5 Å². The van der Waals surface area contributed by atoms with Gasteiger partial charge in [-0.25, -0.2) is 4.39 Å². The second kappa shape index (κ2) is 7.77. The molecule has 1 aliphatic carbocycles. The van der Waals surface area contributed by atoms with E-state index in [0.717, 1.165) is 30.4 Å². The number of hydrogen-bond donors (Lipinski definition) is 1. The molecule has 0 spiro atoms. The molecule has 1 fully saturated rings. The van der Waals surface area contributed by atoms with Gasteiger partial charge in [-0.2, -0.15) is 0 Å². The summed E-state index contributed by atoms with van der Waals surface area (Å²) in [5, 5.41) is 10.1. The van der Waals surface area contributed by atoms with Crippen LogP contribution in [0.1, 0.15) is 36.8 Å². The van der Waals surface area contributed by atoms with Crippen LogP contribution in [-0.2, 0) is 16.8 Å². The summed E-state index contributed by atoms with van der Waals surface area (Å²) in [5.41, 5.74) is 1.54. The summed E-state index contributed by atoms with van der Waals surface area (Å²) >= 11 is 3.36. The Bertz CT molecular complexity index is 677. The Balaban J connectivity index is 1.76. The van der Waals surface area contributed by atoms with Gasteiger partial charge < -0.3 is 9.84 Å². The maximum atomic E-state index is 13.9. The monoisotopic (exact) mass is 392 g/mol. The molecule has 0 bridgehead atoms. The van der Waals surface area contributed by atoms with Crippen LogP contribution in [0.5, 0.6) is 0 Å². The van der Waals surface area contributed by atoms with Crippen LogP contribution >= 0.6 is 15.9 Å². The van der Waals surface area contributed by atoms with E-state index in [2.05, 4.69) is 15.9 Å². The van der Waals surface area contributed by atoms with Gasteiger partial charge in [-0.1, -0.05) is 42.5 Å². The van der Waals surface area contributed by atoms with Crippen LogP contribution in [-0.4, -0.2) is 17.8 Å². The molecule has 1 aliphatic rings. The second-order valence-corrected chi connectivity index (χ2v) is 7.35. The van der Waals surface area contributed by atoms with Crippen LogP contribution in [0.2, 0.25) is 0 Å². The Morgan fingerprint density at radius 3 is 2.71 bits per heavy atom. The molecule has 128 valence electrons. The molecule has 4 heteroatoms. The highest BCUT2D eigenvalue weighted by atomic mass is 79.9. The highest BCUT2D eigenvalue weighted by Gasteiger charge is 2.39. The maximum absolute atomic E-state index is 13.9. The molecule has 2 nitrogen and oxygen atoms in total. The molecule has 0 aromatic heterocycles. The first-order valence-electron chi connectivity index (χ1n) is 8.35. The lowest BCUT2D eigenvalue weighted by Crippen LogP contribution is -2.39. The van der Waals surface area contributed by atoms with Gasteiger partial charge in [0.15, 0.2) is 0 Å². The van der Waals surface area contributed by atoms with Crippen LogP contribution in [0, 0.1) is 5.82 Å². The van der Waals surface area contributed by atoms with Crippen molar-refractivity contribution in [2.75, 3.05) is 6.61 Å². The van der Waals surface area contributed by atoms with Crippen molar-refractivity contribution in [1.29, 1.82) is 0 Å². The molecule has 2 atom stereocenters. The highest BCUT2D eigenvalue weighted by Crippen LogP contribution is 2.43. The van der Waals surface area contributed by atoms with Gasteiger partial charge in [-0.3, -0.25) is 0 Å². The van der Waals surface area contributed by atoms with Crippen molar-refractivity contribution >= 4 is 15.9 Å². The van der Waals surface area contributed by atoms with E-state index < -0.39 is 5.41 Å². The van der Waals surface area contributed by atoms with Crippen LogP contribution in [0.15, 0.2) is 53.0 Å². The first-order valence-corrected chi connectivity index (χ1v) is 9.15. The predicted molar refractivity (Wildman–Crippen MR) is 96.4 cm³/mol. The number of halogens is 2. The van der Waals surface area contributed by atoms with Gasteiger partial charge in [0.05, 0.1) is 23.8 Å². The van der Waals surface area contributed by atoms with Crippen LogP contribution in [0.4, 0.5) is 4.39 Å². The van der Waals surface area contributed by atoms with Crippen molar-refractivity contribution < 1.29 is 14.2 Å². The molecule has 1 saturated carbocycles. The summed E-state index contributed by atoms with van der Waals surface area (Å²) in [7, 11) is 0. The van der Waals surface area contributed by atoms with Crippen LogP contribution in [0.25, 0.3) is 0 Å². The third-order valence-electron chi connectivity index (χ3n) is 4.95. The minimum absolute atomic E-state index is 0.000248. The summed E-state index contributed by atoms with van der Waals surface area (Å²) < 4.78 is 20.5. The molecule has 3 rings (SSSR count). The maximum Gasteiger partial charge on any atom is 0.137 e. The molecule has 1 N–H and O–H groups in total. The Hall–Kier alpha value is -1.23. The summed E-state index contributed by atoms with van der Waals surface area (Å²) in [6, 6.07) is 15.1. The standard InChI is InChI=1S/C20H22BrFO2/c21-19-17(9-4-10-18(19)22)20(14-23)11-5-8-16(12-20)24-13-15-6-2-1-3-7-15/h1-4,6-7,9-10,16,23H,5,8,11-14H2. The average molecular weight is 393 g/mol. The zero-order valence-electron chi connectivity index (χ0n) is 13.6. The Morgan fingerprint density at radius 1 is 1.17 bits per heavy atom.